The van der Waals surface area contributed by atoms with Crippen molar-refractivity contribution in [1.29, 1.82) is 0 Å². The van der Waals surface area contributed by atoms with Gasteiger partial charge in [0, 0.05) is 18.0 Å². The molecule has 1 aliphatic rings. The highest BCUT2D eigenvalue weighted by Crippen LogP contribution is 2.27. The minimum Gasteiger partial charge on any atom is -0.442 e. The molecule has 3 heterocycles. The second kappa shape index (κ2) is 9.58. The van der Waals surface area contributed by atoms with Crippen LogP contribution in [0.4, 0.5) is 10.5 Å². The van der Waals surface area contributed by atoms with E-state index in [-0.39, 0.29) is 18.0 Å². The number of amides is 2. The average molecular weight is 472 g/mol. The predicted octanol–water partition coefficient (Wildman–Crippen LogP) is 4.26. The summed E-state index contributed by atoms with van der Waals surface area (Å²) < 4.78 is 7.59. The van der Waals surface area contributed by atoms with Crippen molar-refractivity contribution in [3.63, 3.8) is 0 Å². The summed E-state index contributed by atoms with van der Waals surface area (Å²) in [6, 6.07) is 13.9. The molecule has 0 aliphatic carbocycles. The fourth-order valence-electron chi connectivity index (χ4n) is 3.64. The number of aryl methyl sites for hydroxylation is 1. The topological polar surface area (TPSA) is 80.6 Å². The van der Waals surface area contributed by atoms with Crippen LogP contribution in [0, 0.1) is 0 Å². The highest BCUT2D eigenvalue weighted by atomic mass is 35.5. The molecule has 2 amide bonds. The average Bonchev–Trinajstić information content (AvgIpc) is 3.38. The Hall–Kier alpha value is -3.10. The lowest BCUT2D eigenvalue weighted by Crippen LogP contribution is -2.34. The molecular weight excluding hydrogens is 450 g/mol. The highest BCUT2D eigenvalue weighted by Gasteiger charge is 2.33. The first kappa shape index (κ1) is 22.1. The van der Waals surface area contributed by atoms with Crippen molar-refractivity contribution in [1.82, 2.24) is 9.88 Å². The quantitative estimate of drug-likeness (QED) is 0.558. The molecule has 4 rings (SSSR count). The van der Waals surface area contributed by atoms with E-state index in [1.807, 2.05) is 24.3 Å². The maximum atomic E-state index is 12.5. The van der Waals surface area contributed by atoms with Crippen molar-refractivity contribution in [2.45, 2.75) is 25.9 Å². The second-order valence-electron chi connectivity index (χ2n) is 7.40. The van der Waals surface area contributed by atoms with E-state index in [9.17, 15) is 14.4 Å². The molecular formula is C23H22ClN3O4S. The summed E-state index contributed by atoms with van der Waals surface area (Å²) >= 11 is 7.07. The fourth-order valence-corrected chi connectivity index (χ4v) is 4.60. The number of carbonyl (C=O) groups is 2. The number of hydrogen-bond donors (Lipinski definition) is 1. The van der Waals surface area contributed by atoms with E-state index in [2.05, 4.69) is 12.2 Å². The first-order valence-electron chi connectivity index (χ1n) is 10.3. The van der Waals surface area contributed by atoms with E-state index in [1.165, 1.54) is 17.4 Å². The van der Waals surface area contributed by atoms with E-state index >= 15 is 0 Å². The van der Waals surface area contributed by atoms with Crippen LogP contribution in [0.3, 0.4) is 0 Å². The summed E-state index contributed by atoms with van der Waals surface area (Å²) in [5.41, 5.74) is 2.36. The van der Waals surface area contributed by atoms with E-state index < -0.39 is 12.2 Å². The molecule has 1 saturated heterocycles. The van der Waals surface area contributed by atoms with Gasteiger partial charge in [0.1, 0.15) is 6.10 Å². The first-order chi connectivity index (χ1) is 15.5. The Labute approximate surface area is 194 Å². The Morgan fingerprint density at radius 2 is 2.06 bits per heavy atom. The van der Waals surface area contributed by atoms with Gasteiger partial charge in [-0.1, -0.05) is 31.0 Å². The van der Waals surface area contributed by atoms with Gasteiger partial charge in [-0.2, -0.15) is 0 Å². The number of carbonyl (C=O) groups excluding carboxylic acids is 2. The third-order valence-electron chi connectivity index (χ3n) is 5.14. The Bertz CT molecular complexity index is 1210. The number of nitrogens with zero attached hydrogens (tertiary/aromatic N) is 2. The molecule has 1 atom stereocenters. The number of rotatable bonds is 7. The van der Waals surface area contributed by atoms with Gasteiger partial charge in [0.15, 0.2) is 0 Å². The molecule has 0 unspecified atom stereocenters. The molecule has 166 valence electrons. The van der Waals surface area contributed by atoms with Gasteiger partial charge in [0.05, 0.1) is 28.0 Å². The zero-order valence-electron chi connectivity index (χ0n) is 17.4. The summed E-state index contributed by atoms with van der Waals surface area (Å²) in [5.74, 6) is -0.251. The summed E-state index contributed by atoms with van der Waals surface area (Å²) in [6.07, 6.45) is 2.46. The number of anilines is 1. The van der Waals surface area contributed by atoms with Gasteiger partial charge < -0.3 is 10.1 Å². The molecule has 0 saturated carbocycles. The third-order valence-corrected chi connectivity index (χ3v) is 6.37. The Morgan fingerprint density at radius 1 is 1.22 bits per heavy atom. The van der Waals surface area contributed by atoms with E-state index in [4.69, 9.17) is 16.3 Å². The van der Waals surface area contributed by atoms with Crippen LogP contribution in [0.1, 0.15) is 28.6 Å². The van der Waals surface area contributed by atoms with Gasteiger partial charge in [-0.15, -0.1) is 11.3 Å². The summed E-state index contributed by atoms with van der Waals surface area (Å²) in [7, 11) is 0. The molecule has 0 spiro atoms. The smallest absolute Gasteiger partial charge is 0.414 e. The van der Waals surface area contributed by atoms with Gasteiger partial charge in [-0.25, -0.2) is 4.79 Å². The molecule has 0 radical (unpaired) electrons. The molecule has 32 heavy (non-hydrogen) atoms. The molecule has 1 fully saturated rings. The molecule has 7 nitrogen and oxygen atoms in total. The lowest BCUT2D eigenvalue weighted by Gasteiger charge is -2.18. The first-order valence-corrected chi connectivity index (χ1v) is 11.5. The van der Waals surface area contributed by atoms with Gasteiger partial charge in [0.25, 0.3) is 11.5 Å². The van der Waals surface area contributed by atoms with Crippen LogP contribution in [-0.4, -0.2) is 35.8 Å². The Morgan fingerprint density at radius 3 is 2.78 bits per heavy atom. The van der Waals surface area contributed by atoms with Gasteiger partial charge in [0.2, 0.25) is 0 Å². The lowest BCUT2D eigenvalue weighted by atomic mass is 10.1. The minimum atomic E-state index is -0.465. The number of thiophene rings is 1. The fraction of sp³-hybridized carbons (Fsp3) is 0.261. The normalized spacial score (nSPS) is 15.6. The van der Waals surface area contributed by atoms with Crippen LogP contribution in [0.15, 0.2) is 59.5 Å². The predicted molar refractivity (Wildman–Crippen MR) is 125 cm³/mol. The molecule has 3 aromatic rings. The largest absolute Gasteiger partial charge is 0.442 e. The SMILES string of the molecule is CCCc1cc(N2C[C@H](CNC(=O)c3ccc(Cl)s3)OC2=O)ccc1-n1ccccc1=O. The van der Waals surface area contributed by atoms with Crippen molar-refractivity contribution in [3.05, 3.63) is 79.9 Å². The van der Waals surface area contributed by atoms with Gasteiger partial charge >= 0.3 is 6.09 Å². The van der Waals surface area contributed by atoms with Crippen LogP contribution in [0.2, 0.25) is 4.34 Å². The van der Waals surface area contributed by atoms with Crippen LogP contribution in [-0.2, 0) is 11.2 Å². The molecule has 0 bridgehead atoms. The van der Waals surface area contributed by atoms with Crippen molar-refractivity contribution >= 4 is 40.6 Å². The second-order valence-corrected chi connectivity index (χ2v) is 9.12. The van der Waals surface area contributed by atoms with Crippen LogP contribution in [0.25, 0.3) is 5.69 Å². The summed E-state index contributed by atoms with van der Waals surface area (Å²) in [6.45, 7) is 2.59. The molecule has 1 aromatic carbocycles. The zero-order chi connectivity index (χ0) is 22.7. The van der Waals surface area contributed by atoms with Crippen LogP contribution >= 0.6 is 22.9 Å². The van der Waals surface area contributed by atoms with E-state index in [0.29, 0.717) is 21.4 Å². The molecule has 1 aliphatic heterocycles. The number of hydrogen-bond acceptors (Lipinski definition) is 5. The number of nitrogens with one attached hydrogen (secondary N) is 1. The number of cyclic esters (lactones) is 1. The number of ether oxygens (including phenoxy) is 1. The van der Waals surface area contributed by atoms with Crippen molar-refractivity contribution in [2.75, 3.05) is 18.0 Å². The number of halogens is 1. The van der Waals surface area contributed by atoms with Gasteiger partial charge in [-0.05, 0) is 48.4 Å². The Kier molecular flexibility index (Phi) is 6.62. The molecule has 9 heteroatoms. The third kappa shape index (κ3) is 4.71. The molecule has 1 N–H and O–H groups in total. The van der Waals surface area contributed by atoms with Crippen molar-refractivity contribution in [2.24, 2.45) is 0 Å². The van der Waals surface area contributed by atoms with Crippen molar-refractivity contribution < 1.29 is 14.3 Å². The molecule has 2 aromatic heterocycles. The minimum absolute atomic E-state index is 0.110. The highest BCUT2D eigenvalue weighted by molar-refractivity contribution is 7.18. The maximum Gasteiger partial charge on any atom is 0.414 e. The number of pyridine rings is 1. The van der Waals surface area contributed by atoms with Crippen LogP contribution < -0.4 is 15.8 Å². The lowest BCUT2D eigenvalue weighted by molar-refractivity contribution is 0.0920. The van der Waals surface area contributed by atoms with Gasteiger partial charge in [-0.3, -0.25) is 19.1 Å². The maximum absolute atomic E-state index is 12.5. The number of benzene rings is 1. The number of aromatic nitrogens is 1. The van der Waals surface area contributed by atoms with E-state index in [0.717, 1.165) is 24.1 Å². The van der Waals surface area contributed by atoms with Crippen LogP contribution in [0.5, 0.6) is 0 Å². The monoisotopic (exact) mass is 471 g/mol. The zero-order valence-corrected chi connectivity index (χ0v) is 19.0. The standard InChI is InChI=1S/C23H22ClN3O4S/c1-2-5-15-12-16(7-8-18(15)26-11-4-3-6-21(26)28)27-14-17(31-23(27)30)13-25-22(29)19-9-10-20(24)32-19/h3-4,6-12,17H,2,5,13-14H2,1H3,(H,25,29)/t17-/m0/s1. The van der Waals surface area contributed by atoms with E-state index in [1.54, 1.807) is 33.9 Å². The summed E-state index contributed by atoms with van der Waals surface area (Å²) in [5, 5.41) is 2.79. The van der Waals surface area contributed by atoms with Crippen molar-refractivity contribution in [3.8, 4) is 5.69 Å². The Balaban J connectivity index is 1.49. The summed E-state index contributed by atoms with van der Waals surface area (Å²) in [4.78, 5) is 39.1.